The summed E-state index contributed by atoms with van der Waals surface area (Å²) < 4.78 is 6.53. The first kappa shape index (κ1) is 15.4. The molecule has 0 atom stereocenters. The van der Waals surface area contributed by atoms with Gasteiger partial charge in [0.15, 0.2) is 0 Å². The molecule has 0 fully saturated rings. The Morgan fingerprint density at radius 2 is 1.96 bits per heavy atom. The fourth-order valence-electron chi connectivity index (χ4n) is 2.34. The molecule has 0 aliphatic carbocycles. The molecule has 0 aliphatic heterocycles. The highest BCUT2D eigenvalue weighted by Gasteiger charge is 2.08. The highest BCUT2D eigenvalue weighted by atomic mass is 35.5. The van der Waals surface area contributed by atoms with Crippen LogP contribution in [0.5, 0.6) is 0 Å². The molecule has 0 saturated carbocycles. The van der Waals surface area contributed by atoms with E-state index < -0.39 is 0 Å². The summed E-state index contributed by atoms with van der Waals surface area (Å²) in [6.45, 7) is 0.490. The lowest BCUT2D eigenvalue weighted by Gasteiger charge is -2.07. The van der Waals surface area contributed by atoms with E-state index in [0.717, 1.165) is 5.56 Å². The van der Waals surface area contributed by atoms with Crippen LogP contribution in [-0.2, 0) is 17.8 Å². The quantitative estimate of drug-likeness (QED) is 0.782. The van der Waals surface area contributed by atoms with E-state index in [2.05, 4.69) is 5.32 Å². The zero-order chi connectivity index (χ0) is 16.2. The number of hydrogen-bond donors (Lipinski definition) is 1. The first-order valence-electron chi connectivity index (χ1n) is 7.21. The second-order valence-corrected chi connectivity index (χ2v) is 5.61. The largest absolute Gasteiger partial charge is 0.464 e. The number of aromatic nitrogens is 1. The maximum atomic E-state index is 12.2. The third-order valence-corrected chi connectivity index (χ3v) is 3.81. The number of carbonyl (C=O) groups is 1. The molecule has 0 bridgehead atoms. The number of halogens is 1. The predicted molar refractivity (Wildman–Crippen MR) is 88.6 cm³/mol. The van der Waals surface area contributed by atoms with Gasteiger partial charge >= 0.3 is 0 Å². The summed E-state index contributed by atoms with van der Waals surface area (Å²) in [7, 11) is 0. The average molecular weight is 331 g/mol. The molecule has 2 aromatic heterocycles. The van der Waals surface area contributed by atoms with Crippen LogP contribution in [0.4, 0.5) is 0 Å². The number of hydrogen-bond acceptors (Lipinski definition) is 3. The van der Waals surface area contributed by atoms with Gasteiger partial charge in [-0.2, -0.15) is 0 Å². The molecule has 3 aromatic rings. The van der Waals surface area contributed by atoms with Gasteiger partial charge in [-0.25, -0.2) is 0 Å². The van der Waals surface area contributed by atoms with E-state index >= 15 is 0 Å². The van der Waals surface area contributed by atoms with E-state index in [-0.39, 0.29) is 18.0 Å². The van der Waals surface area contributed by atoms with Gasteiger partial charge in [0.25, 0.3) is 5.56 Å². The Hall–Kier alpha value is -2.53. The summed E-state index contributed by atoms with van der Waals surface area (Å²) in [5.74, 6) is -0.205. The van der Waals surface area contributed by atoms with E-state index in [1.54, 1.807) is 18.3 Å². The summed E-state index contributed by atoms with van der Waals surface area (Å²) in [4.78, 5) is 24.1. The SMILES string of the molecule is O=C(Cn1ccc2occc2c1=O)NCCc1ccc(Cl)cc1. The van der Waals surface area contributed by atoms with E-state index in [0.29, 0.717) is 29.0 Å². The lowest BCUT2D eigenvalue weighted by atomic mass is 10.1. The minimum absolute atomic E-state index is 0.0133. The van der Waals surface area contributed by atoms with Gasteiger partial charge in [-0.3, -0.25) is 9.59 Å². The number of nitrogens with one attached hydrogen (secondary N) is 1. The van der Waals surface area contributed by atoms with Crippen LogP contribution in [-0.4, -0.2) is 17.0 Å². The molecule has 0 aliphatic rings. The molecule has 0 unspecified atom stereocenters. The van der Waals surface area contributed by atoms with Crippen molar-refractivity contribution in [1.29, 1.82) is 0 Å². The Labute approximate surface area is 137 Å². The Morgan fingerprint density at radius 3 is 2.74 bits per heavy atom. The molecule has 118 valence electrons. The fourth-order valence-corrected chi connectivity index (χ4v) is 2.47. The second-order valence-electron chi connectivity index (χ2n) is 5.17. The van der Waals surface area contributed by atoms with E-state index in [9.17, 15) is 9.59 Å². The van der Waals surface area contributed by atoms with Crippen molar-refractivity contribution in [3.63, 3.8) is 0 Å². The van der Waals surface area contributed by atoms with Gasteiger partial charge in [0, 0.05) is 17.8 Å². The first-order chi connectivity index (χ1) is 11.1. The van der Waals surface area contributed by atoms with Crippen LogP contribution in [0.3, 0.4) is 0 Å². The Balaban J connectivity index is 1.57. The molecule has 2 heterocycles. The maximum absolute atomic E-state index is 12.2. The molecule has 23 heavy (non-hydrogen) atoms. The number of carbonyl (C=O) groups excluding carboxylic acids is 1. The van der Waals surface area contributed by atoms with Crippen molar-refractivity contribution >= 4 is 28.5 Å². The Morgan fingerprint density at radius 1 is 1.17 bits per heavy atom. The molecule has 5 nitrogen and oxygen atoms in total. The maximum Gasteiger partial charge on any atom is 0.262 e. The number of furan rings is 1. The van der Waals surface area contributed by atoms with Crippen LogP contribution >= 0.6 is 11.6 Å². The van der Waals surface area contributed by atoms with Crippen molar-refractivity contribution in [3.8, 4) is 0 Å². The van der Waals surface area contributed by atoms with Gasteiger partial charge in [-0.1, -0.05) is 23.7 Å². The number of pyridine rings is 1. The number of nitrogens with zero attached hydrogens (tertiary/aromatic N) is 1. The van der Waals surface area contributed by atoms with E-state index in [1.807, 2.05) is 24.3 Å². The summed E-state index contributed by atoms with van der Waals surface area (Å²) in [5.41, 5.74) is 1.38. The highest BCUT2D eigenvalue weighted by Crippen LogP contribution is 2.10. The smallest absolute Gasteiger partial charge is 0.262 e. The number of fused-ring (bicyclic) bond motifs is 1. The zero-order valence-corrected chi connectivity index (χ0v) is 13.0. The monoisotopic (exact) mass is 330 g/mol. The van der Waals surface area contributed by atoms with Crippen LogP contribution in [0.15, 0.2) is 58.1 Å². The molecule has 0 radical (unpaired) electrons. The molecule has 6 heteroatoms. The molecule has 3 rings (SSSR count). The van der Waals surface area contributed by atoms with Crippen LogP contribution in [0.25, 0.3) is 11.0 Å². The van der Waals surface area contributed by atoms with Crippen LogP contribution in [0, 0.1) is 0 Å². The van der Waals surface area contributed by atoms with Gasteiger partial charge in [0.1, 0.15) is 12.1 Å². The van der Waals surface area contributed by atoms with Crippen molar-refractivity contribution in [2.75, 3.05) is 6.54 Å². The van der Waals surface area contributed by atoms with Gasteiger partial charge < -0.3 is 14.3 Å². The molecule has 1 aromatic carbocycles. The highest BCUT2D eigenvalue weighted by molar-refractivity contribution is 6.30. The first-order valence-corrected chi connectivity index (χ1v) is 7.59. The van der Waals surface area contributed by atoms with Crippen LogP contribution in [0.2, 0.25) is 5.02 Å². The minimum atomic E-state index is -0.232. The van der Waals surface area contributed by atoms with Gasteiger partial charge in [-0.15, -0.1) is 0 Å². The number of rotatable bonds is 5. The van der Waals surface area contributed by atoms with E-state index in [4.69, 9.17) is 16.0 Å². The Kier molecular flexibility index (Phi) is 4.48. The Bertz CT molecular complexity index is 881. The summed E-state index contributed by atoms with van der Waals surface area (Å²) in [6.07, 6.45) is 3.73. The molecular formula is C17H15ClN2O3. The summed E-state index contributed by atoms with van der Waals surface area (Å²) in [6, 6.07) is 10.8. The van der Waals surface area contributed by atoms with Crippen LogP contribution < -0.4 is 10.9 Å². The van der Waals surface area contributed by atoms with Crippen molar-refractivity contribution in [3.05, 3.63) is 69.8 Å². The molecular weight excluding hydrogens is 316 g/mol. The predicted octanol–water partition coefficient (Wildman–Crippen LogP) is 2.61. The van der Waals surface area contributed by atoms with Gasteiger partial charge in [0.2, 0.25) is 5.91 Å². The lowest BCUT2D eigenvalue weighted by molar-refractivity contribution is -0.121. The molecule has 1 amide bonds. The number of amides is 1. The van der Waals surface area contributed by atoms with Crippen LogP contribution in [0.1, 0.15) is 5.56 Å². The third kappa shape index (κ3) is 3.63. The second kappa shape index (κ2) is 6.71. The third-order valence-electron chi connectivity index (χ3n) is 3.56. The fraction of sp³-hybridized carbons (Fsp3) is 0.176. The summed E-state index contributed by atoms with van der Waals surface area (Å²) >= 11 is 5.83. The lowest BCUT2D eigenvalue weighted by Crippen LogP contribution is -2.33. The van der Waals surface area contributed by atoms with Crippen molar-refractivity contribution in [2.45, 2.75) is 13.0 Å². The minimum Gasteiger partial charge on any atom is -0.464 e. The normalized spacial score (nSPS) is 10.8. The molecule has 0 spiro atoms. The van der Waals surface area contributed by atoms with Gasteiger partial charge in [-0.05, 0) is 36.2 Å². The van der Waals surface area contributed by atoms with Gasteiger partial charge in [0.05, 0.1) is 11.6 Å². The molecule has 1 N–H and O–H groups in total. The number of benzene rings is 1. The van der Waals surface area contributed by atoms with Crippen molar-refractivity contribution in [1.82, 2.24) is 9.88 Å². The van der Waals surface area contributed by atoms with Crippen molar-refractivity contribution in [2.24, 2.45) is 0 Å². The molecule has 0 saturated heterocycles. The van der Waals surface area contributed by atoms with Crippen molar-refractivity contribution < 1.29 is 9.21 Å². The van der Waals surface area contributed by atoms with E-state index in [1.165, 1.54) is 10.8 Å². The summed E-state index contributed by atoms with van der Waals surface area (Å²) in [5, 5.41) is 3.97. The zero-order valence-electron chi connectivity index (χ0n) is 12.3. The average Bonchev–Trinajstić information content (AvgIpc) is 3.01. The standard InChI is InChI=1S/C17H15ClN2O3/c18-13-3-1-12(2-4-13)5-8-19-16(21)11-20-9-6-15-14(17(20)22)7-10-23-15/h1-4,6-7,9-10H,5,8,11H2,(H,19,21). The topological polar surface area (TPSA) is 64.2 Å².